The molecule has 0 bridgehead atoms. The lowest BCUT2D eigenvalue weighted by Crippen LogP contribution is -1.82. The van der Waals surface area contributed by atoms with Gasteiger partial charge in [0.15, 0.2) is 0 Å². The van der Waals surface area contributed by atoms with Crippen LogP contribution in [0.1, 0.15) is 0 Å². The molecule has 2 aromatic heterocycles. The Bertz CT molecular complexity index is 305. The molecule has 0 aliphatic carbocycles. The fourth-order valence-corrected chi connectivity index (χ4v) is 1.05. The minimum Gasteiger partial charge on any atom is -0.329 e. The minimum atomic E-state index is 2.00. The normalized spacial score (nSPS) is 11.0. The predicted octanol–water partition coefficient (Wildman–Crippen LogP) is 2.38. The Balaban J connectivity index is 2.14. The van der Waals surface area contributed by atoms with Crippen LogP contribution in [0.25, 0.3) is 12.4 Å². The van der Waals surface area contributed by atoms with Crippen LogP contribution in [-0.2, 0) is 0 Å². The van der Waals surface area contributed by atoms with E-state index in [1.54, 1.807) is 0 Å². The molecule has 2 heterocycles. The van der Waals surface area contributed by atoms with Gasteiger partial charge in [-0.1, -0.05) is 0 Å². The van der Waals surface area contributed by atoms with Gasteiger partial charge in [-0.3, -0.25) is 0 Å². The second-order valence-electron chi connectivity index (χ2n) is 2.56. The highest BCUT2D eigenvalue weighted by Gasteiger charge is 1.80. The zero-order chi connectivity index (χ0) is 8.23. The molecule has 0 amide bonds. The monoisotopic (exact) mass is 158 g/mol. The van der Waals surface area contributed by atoms with E-state index in [9.17, 15) is 0 Å². The van der Waals surface area contributed by atoms with Crippen molar-refractivity contribution in [3.63, 3.8) is 0 Å². The number of nitrogens with zero attached hydrogens (tertiary/aromatic N) is 2. The van der Waals surface area contributed by atoms with E-state index in [1.807, 2.05) is 70.6 Å². The molecule has 2 heteroatoms. The summed E-state index contributed by atoms with van der Waals surface area (Å²) < 4.78 is 4.00. The summed E-state index contributed by atoms with van der Waals surface area (Å²) in [6.07, 6.45) is 12.0. The van der Waals surface area contributed by atoms with E-state index < -0.39 is 0 Å². The largest absolute Gasteiger partial charge is 0.329 e. The van der Waals surface area contributed by atoms with Crippen molar-refractivity contribution in [1.29, 1.82) is 0 Å². The third kappa shape index (κ3) is 1.48. The van der Waals surface area contributed by atoms with Crippen molar-refractivity contribution < 1.29 is 0 Å². The maximum atomic E-state index is 2.00. The van der Waals surface area contributed by atoms with Gasteiger partial charge in [0.1, 0.15) is 0 Å². The van der Waals surface area contributed by atoms with Crippen LogP contribution in [0.2, 0.25) is 0 Å². The van der Waals surface area contributed by atoms with Gasteiger partial charge in [-0.05, 0) is 24.3 Å². The average molecular weight is 158 g/mol. The van der Waals surface area contributed by atoms with Crippen molar-refractivity contribution in [2.24, 2.45) is 0 Å². The maximum Gasteiger partial charge on any atom is 0.0248 e. The first-order valence-electron chi connectivity index (χ1n) is 3.88. The highest BCUT2D eigenvalue weighted by atomic mass is 15.0. The summed E-state index contributed by atoms with van der Waals surface area (Å²) in [7, 11) is 0. The van der Waals surface area contributed by atoms with Gasteiger partial charge in [0.25, 0.3) is 0 Å². The first-order chi connectivity index (χ1) is 5.95. The summed E-state index contributed by atoms with van der Waals surface area (Å²) in [5.74, 6) is 0. The lowest BCUT2D eigenvalue weighted by atomic mass is 10.7. The number of rotatable bonds is 2. The van der Waals surface area contributed by atoms with E-state index in [0.717, 1.165) is 0 Å². The van der Waals surface area contributed by atoms with Gasteiger partial charge in [-0.25, -0.2) is 0 Å². The molecule has 60 valence electrons. The number of aromatic nitrogens is 2. The van der Waals surface area contributed by atoms with E-state index in [4.69, 9.17) is 0 Å². The summed E-state index contributed by atoms with van der Waals surface area (Å²) in [5, 5.41) is 0. The van der Waals surface area contributed by atoms with E-state index in [-0.39, 0.29) is 0 Å². The van der Waals surface area contributed by atoms with Crippen LogP contribution < -0.4 is 0 Å². The van der Waals surface area contributed by atoms with E-state index in [2.05, 4.69) is 0 Å². The van der Waals surface area contributed by atoms with Crippen LogP contribution in [0.15, 0.2) is 49.1 Å². The number of hydrogen-bond donors (Lipinski definition) is 0. The van der Waals surface area contributed by atoms with Crippen molar-refractivity contribution in [3.05, 3.63) is 49.1 Å². The van der Waals surface area contributed by atoms with Gasteiger partial charge >= 0.3 is 0 Å². The predicted molar refractivity (Wildman–Crippen MR) is 50.4 cm³/mol. The SMILES string of the molecule is C(=Cn1cccc1)n1cccc1. The third-order valence-corrected chi connectivity index (χ3v) is 1.67. The molecule has 2 rings (SSSR count). The standard InChI is InChI=1S/C10H10N2/c1-2-6-11(5-1)9-10-12-7-3-4-8-12/h1-10H. The summed E-state index contributed by atoms with van der Waals surface area (Å²) >= 11 is 0. The molecule has 0 spiro atoms. The Morgan fingerprint density at radius 2 is 0.917 bits per heavy atom. The first-order valence-corrected chi connectivity index (χ1v) is 3.88. The lowest BCUT2D eigenvalue weighted by Gasteiger charge is -1.92. The molecule has 0 unspecified atom stereocenters. The lowest BCUT2D eigenvalue weighted by molar-refractivity contribution is 1.13. The van der Waals surface area contributed by atoms with Gasteiger partial charge in [-0.2, -0.15) is 0 Å². The van der Waals surface area contributed by atoms with Crippen LogP contribution in [0, 0.1) is 0 Å². The quantitative estimate of drug-likeness (QED) is 0.635. The summed E-state index contributed by atoms with van der Waals surface area (Å²) in [6.45, 7) is 0. The molecular formula is C10H10N2. The van der Waals surface area contributed by atoms with Crippen molar-refractivity contribution in [2.45, 2.75) is 0 Å². The number of hydrogen-bond acceptors (Lipinski definition) is 0. The van der Waals surface area contributed by atoms with Crippen molar-refractivity contribution in [3.8, 4) is 0 Å². The molecular weight excluding hydrogens is 148 g/mol. The fraction of sp³-hybridized carbons (Fsp3) is 0. The molecule has 0 N–H and O–H groups in total. The highest BCUT2D eigenvalue weighted by molar-refractivity contribution is 5.44. The van der Waals surface area contributed by atoms with Crippen LogP contribution in [0.5, 0.6) is 0 Å². The van der Waals surface area contributed by atoms with Crippen LogP contribution in [0.4, 0.5) is 0 Å². The van der Waals surface area contributed by atoms with E-state index in [0.29, 0.717) is 0 Å². The maximum absolute atomic E-state index is 2.00. The molecule has 0 aliphatic heterocycles. The molecule has 0 saturated carbocycles. The molecule has 0 aromatic carbocycles. The van der Waals surface area contributed by atoms with Gasteiger partial charge in [0.05, 0.1) is 0 Å². The minimum absolute atomic E-state index is 2.00. The molecule has 0 fully saturated rings. The molecule has 0 aliphatic rings. The fourth-order valence-electron chi connectivity index (χ4n) is 1.05. The van der Waals surface area contributed by atoms with Crippen molar-refractivity contribution >= 4 is 12.4 Å². The van der Waals surface area contributed by atoms with E-state index in [1.165, 1.54) is 0 Å². The first kappa shape index (κ1) is 6.98. The summed E-state index contributed by atoms with van der Waals surface area (Å²) in [6, 6.07) is 8.00. The Morgan fingerprint density at radius 1 is 0.583 bits per heavy atom. The Morgan fingerprint density at radius 3 is 1.25 bits per heavy atom. The summed E-state index contributed by atoms with van der Waals surface area (Å²) in [4.78, 5) is 0. The second kappa shape index (κ2) is 3.13. The molecule has 2 aromatic rings. The second-order valence-corrected chi connectivity index (χ2v) is 2.56. The molecule has 2 nitrogen and oxygen atoms in total. The van der Waals surface area contributed by atoms with Gasteiger partial charge in [-0.15, -0.1) is 0 Å². The average Bonchev–Trinajstić information content (AvgIpc) is 2.74. The summed E-state index contributed by atoms with van der Waals surface area (Å²) in [5.41, 5.74) is 0. The van der Waals surface area contributed by atoms with E-state index >= 15 is 0 Å². The smallest absolute Gasteiger partial charge is 0.0248 e. The third-order valence-electron chi connectivity index (χ3n) is 1.67. The molecule has 0 radical (unpaired) electrons. The zero-order valence-corrected chi connectivity index (χ0v) is 6.67. The van der Waals surface area contributed by atoms with Gasteiger partial charge in [0, 0.05) is 37.2 Å². The zero-order valence-electron chi connectivity index (χ0n) is 6.67. The molecule has 12 heavy (non-hydrogen) atoms. The van der Waals surface area contributed by atoms with Crippen molar-refractivity contribution in [2.75, 3.05) is 0 Å². The molecule has 0 atom stereocenters. The van der Waals surface area contributed by atoms with Crippen LogP contribution in [-0.4, -0.2) is 9.13 Å². The van der Waals surface area contributed by atoms with Crippen LogP contribution >= 0.6 is 0 Å². The Hall–Kier alpha value is -1.70. The van der Waals surface area contributed by atoms with Crippen LogP contribution in [0.3, 0.4) is 0 Å². The van der Waals surface area contributed by atoms with Crippen molar-refractivity contribution in [1.82, 2.24) is 9.13 Å². The van der Waals surface area contributed by atoms with Gasteiger partial charge in [0.2, 0.25) is 0 Å². The Kier molecular flexibility index (Phi) is 1.82. The highest BCUT2D eigenvalue weighted by Crippen LogP contribution is 1.95. The topological polar surface area (TPSA) is 9.86 Å². The molecule has 0 saturated heterocycles. The van der Waals surface area contributed by atoms with Gasteiger partial charge < -0.3 is 9.13 Å². The Labute approximate surface area is 71.4 Å².